The molecule has 6 heteroatoms. The van der Waals surface area contributed by atoms with Gasteiger partial charge >= 0.3 is 0 Å². The molecule has 2 heterocycles. The van der Waals surface area contributed by atoms with Crippen molar-refractivity contribution in [3.63, 3.8) is 0 Å². The molecular formula is C19H20ClN5. The number of anilines is 3. The van der Waals surface area contributed by atoms with Crippen LogP contribution in [0.5, 0.6) is 0 Å². The van der Waals surface area contributed by atoms with Gasteiger partial charge in [0.05, 0.1) is 5.69 Å². The van der Waals surface area contributed by atoms with Crippen LogP contribution in [0.2, 0.25) is 5.02 Å². The third-order valence-corrected chi connectivity index (χ3v) is 4.00. The molecule has 0 aliphatic rings. The van der Waals surface area contributed by atoms with Crippen LogP contribution in [0.1, 0.15) is 20.3 Å². The molecule has 3 rings (SSSR count). The molecule has 128 valence electrons. The van der Waals surface area contributed by atoms with Crippen LogP contribution in [0.15, 0.2) is 54.9 Å². The number of pyridine rings is 1. The van der Waals surface area contributed by atoms with Crippen LogP contribution in [0, 0.1) is 0 Å². The summed E-state index contributed by atoms with van der Waals surface area (Å²) in [5.41, 5.74) is 2.61. The summed E-state index contributed by atoms with van der Waals surface area (Å²) in [7, 11) is 0. The lowest BCUT2D eigenvalue weighted by atomic mass is 10.2. The minimum atomic E-state index is 0.281. The van der Waals surface area contributed by atoms with Crippen LogP contribution in [-0.4, -0.2) is 21.0 Å². The summed E-state index contributed by atoms with van der Waals surface area (Å²) in [5.74, 6) is 1.28. The highest BCUT2D eigenvalue weighted by molar-refractivity contribution is 6.30. The summed E-state index contributed by atoms with van der Waals surface area (Å²) in [5, 5.41) is 7.29. The van der Waals surface area contributed by atoms with E-state index < -0.39 is 0 Å². The zero-order valence-corrected chi connectivity index (χ0v) is 15.0. The molecule has 5 nitrogen and oxygen atoms in total. The number of nitrogens with zero attached hydrogens (tertiary/aromatic N) is 3. The molecular weight excluding hydrogens is 334 g/mol. The highest BCUT2D eigenvalue weighted by Crippen LogP contribution is 2.24. The molecule has 3 aromatic rings. The predicted octanol–water partition coefficient (Wildman–Crippen LogP) is 5.15. The van der Waals surface area contributed by atoms with E-state index in [9.17, 15) is 0 Å². The summed E-state index contributed by atoms with van der Waals surface area (Å²) in [6.45, 7) is 4.22. The lowest BCUT2D eigenvalue weighted by molar-refractivity contribution is 0.753. The van der Waals surface area contributed by atoms with Crippen molar-refractivity contribution in [2.75, 3.05) is 10.6 Å². The normalized spacial score (nSPS) is 11.8. The number of halogens is 1. The largest absolute Gasteiger partial charge is 0.352 e. The van der Waals surface area contributed by atoms with Crippen molar-refractivity contribution in [1.82, 2.24) is 15.0 Å². The fourth-order valence-corrected chi connectivity index (χ4v) is 2.46. The molecule has 0 radical (unpaired) electrons. The van der Waals surface area contributed by atoms with Gasteiger partial charge in [0.15, 0.2) is 0 Å². The van der Waals surface area contributed by atoms with Gasteiger partial charge in [-0.3, -0.25) is 4.98 Å². The lowest BCUT2D eigenvalue weighted by Crippen LogP contribution is -2.16. The second kappa shape index (κ2) is 7.94. The minimum Gasteiger partial charge on any atom is -0.352 e. The number of nitrogens with one attached hydrogen (secondary N) is 2. The zero-order valence-electron chi connectivity index (χ0n) is 14.2. The number of hydrogen-bond acceptors (Lipinski definition) is 5. The second-order valence-corrected chi connectivity index (χ2v) is 6.23. The van der Waals surface area contributed by atoms with E-state index in [1.807, 2.05) is 42.5 Å². The van der Waals surface area contributed by atoms with Gasteiger partial charge in [0.2, 0.25) is 5.95 Å². The molecule has 1 aromatic carbocycles. The average molecular weight is 354 g/mol. The smallest absolute Gasteiger partial charge is 0.225 e. The van der Waals surface area contributed by atoms with Crippen LogP contribution in [0.25, 0.3) is 11.3 Å². The van der Waals surface area contributed by atoms with Crippen molar-refractivity contribution in [2.24, 2.45) is 0 Å². The molecule has 0 saturated heterocycles. The van der Waals surface area contributed by atoms with E-state index in [-0.39, 0.29) is 6.04 Å². The molecule has 1 atom stereocenters. The molecule has 0 amide bonds. The van der Waals surface area contributed by atoms with Crippen molar-refractivity contribution < 1.29 is 0 Å². The Kier molecular flexibility index (Phi) is 5.46. The first-order valence-electron chi connectivity index (χ1n) is 8.22. The van der Waals surface area contributed by atoms with Gasteiger partial charge < -0.3 is 10.6 Å². The summed E-state index contributed by atoms with van der Waals surface area (Å²) < 4.78 is 0. The topological polar surface area (TPSA) is 62.7 Å². The highest BCUT2D eigenvalue weighted by Gasteiger charge is 2.09. The highest BCUT2D eigenvalue weighted by atomic mass is 35.5. The number of benzene rings is 1. The van der Waals surface area contributed by atoms with Gasteiger partial charge in [-0.15, -0.1) is 0 Å². The Balaban J connectivity index is 1.97. The lowest BCUT2D eigenvalue weighted by Gasteiger charge is -2.14. The fraction of sp³-hybridized carbons (Fsp3) is 0.211. The standard InChI is InChI=1S/C19H20ClN5/c1-3-13(2)22-19-24-17(14-6-5-9-21-12-14)11-18(25-19)23-16-8-4-7-15(20)10-16/h4-13H,3H2,1-2H3,(H2,22,23,24,25)/t13-/m1/s1. The molecule has 2 aromatic heterocycles. The van der Waals surface area contributed by atoms with Crippen molar-refractivity contribution in [3.05, 3.63) is 59.9 Å². The molecule has 0 spiro atoms. The van der Waals surface area contributed by atoms with Crippen LogP contribution in [-0.2, 0) is 0 Å². The van der Waals surface area contributed by atoms with E-state index in [1.54, 1.807) is 12.4 Å². The third kappa shape index (κ3) is 4.67. The van der Waals surface area contributed by atoms with Crippen molar-refractivity contribution in [3.8, 4) is 11.3 Å². The zero-order chi connectivity index (χ0) is 17.6. The van der Waals surface area contributed by atoms with Gasteiger partial charge in [0, 0.05) is 40.8 Å². The van der Waals surface area contributed by atoms with Gasteiger partial charge in [-0.2, -0.15) is 4.98 Å². The maximum Gasteiger partial charge on any atom is 0.225 e. The van der Waals surface area contributed by atoms with Crippen molar-refractivity contribution >= 4 is 29.1 Å². The Labute approximate surface area is 152 Å². The summed E-state index contributed by atoms with van der Waals surface area (Å²) in [6, 6.07) is 13.6. The maximum absolute atomic E-state index is 6.06. The maximum atomic E-state index is 6.06. The Morgan fingerprint density at radius 2 is 2.00 bits per heavy atom. The minimum absolute atomic E-state index is 0.281. The molecule has 2 N–H and O–H groups in total. The first-order valence-corrected chi connectivity index (χ1v) is 8.60. The van der Waals surface area contributed by atoms with Crippen molar-refractivity contribution in [2.45, 2.75) is 26.3 Å². The van der Waals surface area contributed by atoms with Crippen molar-refractivity contribution in [1.29, 1.82) is 0 Å². The van der Waals surface area contributed by atoms with E-state index in [0.717, 1.165) is 23.4 Å². The van der Waals surface area contributed by atoms with Crippen LogP contribution < -0.4 is 10.6 Å². The Bertz CT molecular complexity index is 838. The quantitative estimate of drug-likeness (QED) is 0.642. The molecule has 0 bridgehead atoms. The Morgan fingerprint density at radius 3 is 2.72 bits per heavy atom. The van der Waals surface area contributed by atoms with Gasteiger partial charge in [-0.25, -0.2) is 4.98 Å². The Hall–Kier alpha value is -2.66. The monoisotopic (exact) mass is 353 g/mol. The average Bonchev–Trinajstić information content (AvgIpc) is 2.62. The van der Waals surface area contributed by atoms with E-state index in [1.165, 1.54) is 0 Å². The fourth-order valence-electron chi connectivity index (χ4n) is 2.27. The molecule has 0 unspecified atom stereocenters. The van der Waals surface area contributed by atoms with Crippen LogP contribution in [0.4, 0.5) is 17.5 Å². The molecule has 0 aliphatic heterocycles. The third-order valence-electron chi connectivity index (χ3n) is 3.77. The first-order chi connectivity index (χ1) is 12.1. The van der Waals surface area contributed by atoms with Gasteiger partial charge in [0.1, 0.15) is 5.82 Å². The van der Waals surface area contributed by atoms with Crippen LogP contribution >= 0.6 is 11.6 Å². The number of rotatable bonds is 6. The molecule has 25 heavy (non-hydrogen) atoms. The molecule has 0 saturated carbocycles. The van der Waals surface area contributed by atoms with Gasteiger partial charge in [-0.1, -0.05) is 24.6 Å². The summed E-state index contributed by atoms with van der Waals surface area (Å²) in [6.07, 6.45) is 4.52. The summed E-state index contributed by atoms with van der Waals surface area (Å²) in [4.78, 5) is 13.4. The SMILES string of the molecule is CC[C@@H](C)Nc1nc(Nc2cccc(Cl)c2)cc(-c2cccnc2)n1. The van der Waals surface area contributed by atoms with Gasteiger partial charge in [0.25, 0.3) is 0 Å². The summed E-state index contributed by atoms with van der Waals surface area (Å²) >= 11 is 6.06. The molecule has 0 aliphatic carbocycles. The van der Waals surface area contributed by atoms with Crippen LogP contribution in [0.3, 0.4) is 0 Å². The number of aromatic nitrogens is 3. The predicted molar refractivity (Wildman–Crippen MR) is 103 cm³/mol. The van der Waals surface area contributed by atoms with E-state index in [4.69, 9.17) is 11.6 Å². The van der Waals surface area contributed by atoms with Gasteiger partial charge in [-0.05, 0) is 43.7 Å². The Morgan fingerprint density at radius 1 is 1.12 bits per heavy atom. The van der Waals surface area contributed by atoms with E-state index in [0.29, 0.717) is 16.8 Å². The number of hydrogen-bond donors (Lipinski definition) is 2. The second-order valence-electron chi connectivity index (χ2n) is 5.79. The van der Waals surface area contributed by atoms with E-state index in [2.05, 4.69) is 39.4 Å². The first kappa shape index (κ1) is 17.2. The van der Waals surface area contributed by atoms with E-state index >= 15 is 0 Å². The molecule has 0 fully saturated rings.